The van der Waals surface area contributed by atoms with Crippen molar-refractivity contribution in [1.82, 2.24) is 5.32 Å². The summed E-state index contributed by atoms with van der Waals surface area (Å²) in [5.74, 6) is -0.391. The molecule has 0 radical (unpaired) electrons. The number of amides is 1. The van der Waals surface area contributed by atoms with E-state index in [-0.39, 0.29) is 23.1 Å². The van der Waals surface area contributed by atoms with Crippen molar-refractivity contribution in [2.45, 2.75) is 19.4 Å². The highest BCUT2D eigenvalue weighted by Gasteiger charge is 2.29. The van der Waals surface area contributed by atoms with Gasteiger partial charge in [0.2, 0.25) is 15.9 Å². The van der Waals surface area contributed by atoms with Crippen LogP contribution in [0.2, 0.25) is 5.02 Å². The maximum Gasteiger partial charge on any atom is 0.243 e. The van der Waals surface area contributed by atoms with Gasteiger partial charge in [-0.15, -0.1) is 0 Å². The Balaban J connectivity index is 2.11. The lowest BCUT2D eigenvalue weighted by atomic mass is 10.1. The number of halogens is 2. The fraction of sp³-hybridized carbons (Fsp3) is 0.316. The summed E-state index contributed by atoms with van der Waals surface area (Å²) in [6.07, 6.45) is 1.51. The molecule has 28 heavy (non-hydrogen) atoms. The second-order valence-corrected chi connectivity index (χ2v) is 8.49. The summed E-state index contributed by atoms with van der Waals surface area (Å²) in [6.45, 7) is 1.78. The van der Waals surface area contributed by atoms with Crippen LogP contribution in [0.15, 0.2) is 42.5 Å². The number of methoxy groups -OCH3 is 1. The van der Waals surface area contributed by atoms with Gasteiger partial charge in [-0.3, -0.25) is 9.10 Å². The lowest BCUT2D eigenvalue weighted by Gasteiger charge is -2.28. The second-order valence-electron chi connectivity index (χ2n) is 6.22. The van der Waals surface area contributed by atoms with Crippen LogP contribution in [0.4, 0.5) is 10.1 Å². The van der Waals surface area contributed by atoms with Crippen LogP contribution in [0.5, 0.6) is 5.75 Å². The summed E-state index contributed by atoms with van der Waals surface area (Å²) in [6, 6.07) is 9.46. The number of carbonyl (C=O) groups excluding carboxylic acids is 1. The monoisotopic (exact) mass is 428 g/mol. The van der Waals surface area contributed by atoms with E-state index in [1.54, 1.807) is 12.1 Å². The minimum absolute atomic E-state index is 0.234. The number of hydrogen-bond acceptors (Lipinski definition) is 4. The van der Waals surface area contributed by atoms with Gasteiger partial charge in [0.25, 0.3) is 0 Å². The van der Waals surface area contributed by atoms with Crippen molar-refractivity contribution in [3.63, 3.8) is 0 Å². The Labute approximate surface area is 169 Å². The van der Waals surface area contributed by atoms with E-state index in [1.165, 1.54) is 44.4 Å². The van der Waals surface area contributed by atoms with Crippen LogP contribution in [0.1, 0.15) is 12.5 Å². The van der Waals surface area contributed by atoms with E-state index in [1.807, 2.05) is 0 Å². The first-order valence-corrected chi connectivity index (χ1v) is 10.7. The van der Waals surface area contributed by atoms with Gasteiger partial charge >= 0.3 is 0 Å². The third-order valence-corrected chi connectivity index (χ3v) is 5.64. The van der Waals surface area contributed by atoms with E-state index in [0.29, 0.717) is 12.2 Å². The van der Waals surface area contributed by atoms with Crippen LogP contribution in [0, 0.1) is 5.82 Å². The van der Waals surface area contributed by atoms with Crippen molar-refractivity contribution in [3.8, 4) is 5.75 Å². The molecule has 0 fully saturated rings. The number of nitrogens with zero attached hydrogens (tertiary/aromatic N) is 1. The van der Waals surface area contributed by atoms with Gasteiger partial charge in [0.05, 0.1) is 24.1 Å². The first-order chi connectivity index (χ1) is 13.1. The molecule has 2 rings (SSSR count). The molecule has 0 heterocycles. The average molecular weight is 429 g/mol. The zero-order valence-electron chi connectivity index (χ0n) is 15.8. The number of ether oxygens (including phenoxy) is 1. The predicted molar refractivity (Wildman–Crippen MR) is 108 cm³/mol. The Morgan fingerprint density at radius 3 is 2.43 bits per heavy atom. The standard InChI is InChI=1S/C19H22ClFN2O4S/c1-13(19(24)22-11-10-14-4-6-15(21)7-5-14)23(28(3,25)26)16-8-9-18(27-2)17(20)12-16/h4-9,12-13H,10-11H2,1-3H3,(H,22,24). The van der Waals surface area contributed by atoms with Crippen LogP contribution in [0.3, 0.4) is 0 Å². The molecule has 0 aliphatic heterocycles. The molecular weight excluding hydrogens is 407 g/mol. The van der Waals surface area contributed by atoms with Gasteiger partial charge < -0.3 is 10.1 Å². The highest BCUT2D eigenvalue weighted by molar-refractivity contribution is 7.92. The molecule has 6 nitrogen and oxygen atoms in total. The summed E-state index contributed by atoms with van der Waals surface area (Å²) < 4.78 is 43.6. The lowest BCUT2D eigenvalue weighted by molar-refractivity contribution is -0.121. The Morgan fingerprint density at radius 1 is 1.25 bits per heavy atom. The minimum Gasteiger partial charge on any atom is -0.495 e. The highest BCUT2D eigenvalue weighted by Crippen LogP contribution is 2.31. The molecule has 0 bridgehead atoms. The van der Waals surface area contributed by atoms with Gasteiger partial charge in [-0.2, -0.15) is 0 Å². The molecule has 9 heteroatoms. The van der Waals surface area contributed by atoms with Crippen LogP contribution >= 0.6 is 11.6 Å². The third-order valence-electron chi connectivity index (χ3n) is 4.10. The number of carbonyl (C=O) groups is 1. The summed E-state index contributed by atoms with van der Waals surface area (Å²) in [5.41, 5.74) is 1.12. The Hall–Kier alpha value is -2.32. The topological polar surface area (TPSA) is 75.7 Å². The van der Waals surface area contributed by atoms with Gasteiger partial charge in [-0.25, -0.2) is 12.8 Å². The number of anilines is 1. The molecule has 0 aliphatic carbocycles. The molecule has 152 valence electrons. The molecule has 0 aromatic heterocycles. The molecular formula is C19H22ClFN2O4S. The SMILES string of the molecule is COc1ccc(N(C(C)C(=O)NCCc2ccc(F)cc2)S(C)(=O)=O)cc1Cl. The third kappa shape index (κ3) is 5.59. The molecule has 0 saturated heterocycles. The first kappa shape index (κ1) is 22.0. The maximum atomic E-state index is 12.9. The van der Waals surface area contributed by atoms with Crippen molar-refractivity contribution in [3.05, 3.63) is 58.9 Å². The van der Waals surface area contributed by atoms with Gasteiger partial charge in [0, 0.05) is 6.54 Å². The summed E-state index contributed by atoms with van der Waals surface area (Å²) >= 11 is 6.10. The van der Waals surface area contributed by atoms with Crippen LogP contribution in [0.25, 0.3) is 0 Å². The number of rotatable bonds is 8. The lowest BCUT2D eigenvalue weighted by Crippen LogP contribution is -2.48. The Kier molecular flexibility index (Phi) is 7.26. The van der Waals surface area contributed by atoms with E-state index in [0.717, 1.165) is 16.1 Å². The van der Waals surface area contributed by atoms with Crippen molar-refractivity contribution >= 4 is 33.2 Å². The van der Waals surface area contributed by atoms with E-state index >= 15 is 0 Å². The minimum atomic E-state index is -3.75. The average Bonchev–Trinajstić information content (AvgIpc) is 2.62. The predicted octanol–water partition coefficient (Wildman–Crippen LogP) is 3.00. The number of hydrogen-bond donors (Lipinski definition) is 1. The molecule has 2 aromatic rings. The smallest absolute Gasteiger partial charge is 0.243 e. The zero-order valence-corrected chi connectivity index (χ0v) is 17.3. The highest BCUT2D eigenvalue weighted by atomic mass is 35.5. The van der Waals surface area contributed by atoms with E-state index in [2.05, 4.69) is 5.32 Å². The normalized spacial score (nSPS) is 12.3. The van der Waals surface area contributed by atoms with Crippen molar-refractivity contribution in [1.29, 1.82) is 0 Å². The summed E-state index contributed by atoms with van der Waals surface area (Å²) in [4.78, 5) is 12.5. The van der Waals surface area contributed by atoms with Gasteiger partial charge in [0.15, 0.2) is 0 Å². The molecule has 1 atom stereocenters. The number of benzene rings is 2. The largest absolute Gasteiger partial charge is 0.495 e. The van der Waals surface area contributed by atoms with Crippen molar-refractivity contribution in [2.24, 2.45) is 0 Å². The summed E-state index contributed by atoms with van der Waals surface area (Å²) in [5, 5.41) is 2.94. The van der Waals surface area contributed by atoms with Crippen molar-refractivity contribution in [2.75, 3.05) is 24.2 Å². The van der Waals surface area contributed by atoms with E-state index < -0.39 is 22.0 Å². The summed E-state index contributed by atoms with van der Waals surface area (Å²) in [7, 11) is -2.30. The fourth-order valence-corrected chi connectivity index (χ4v) is 4.15. The van der Waals surface area contributed by atoms with Gasteiger partial charge in [0.1, 0.15) is 17.6 Å². The molecule has 0 saturated carbocycles. The van der Waals surface area contributed by atoms with Crippen LogP contribution < -0.4 is 14.4 Å². The van der Waals surface area contributed by atoms with E-state index in [9.17, 15) is 17.6 Å². The van der Waals surface area contributed by atoms with E-state index in [4.69, 9.17) is 16.3 Å². The number of nitrogens with one attached hydrogen (secondary N) is 1. The zero-order chi connectivity index (χ0) is 20.9. The van der Waals surface area contributed by atoms with Crippen molar-refractivity contribution < 1.29 is 22.3 Å². The molecule has 2 aromatic carbocycles. The van der Waals surface area contributed by atoms with Gasteiger partial charge in [-0.05, 0) is 49.2 Å². The maximum absolute atomic E-state index is 12.9. The quantitative estimate of drug-likeness (QED) is 0.701. The molecule has 1 N–H and O–H groups in total. The molecule has 0 aliphatic rings. The molecule has 0 spiro atoms. The van der Waals surface area contributed by atoms with Crippen LogP contribution in [-0.2, 0) is 21.2 Å². The Bertz CT molecular complexity index is 935. The molecule has 1 amide bonds. The molecule has 1 unspecified atom stereocenters. The number of sulfonamides is 1. The second kappa shape index (κ2) is 9.25. The fourth-order valence-electron chi connectivity index (χ4n) is 2.73. The first-order valence-electron chi connectivity index (χ1n) is 8.48. The van der Waals surface area contributed by atoms with Crippen LogP contribution in [-0.4, -0.2) is 40.3 Å². The Morgan fingerprint density at radius 2 is 1.89 bits per heavy atom. The van der Waals surface area contributed by atoms with Gasteiger partial charge in [-0.1, -0.05) is 23.7 Å².